The van der Waals surface area contributed by atoms with Crippen LogP contribution in [0.2, 0.25) is 0 Å². The van der Waals surface area contributed by atoms with E-state index in [1.807, 2.05) is 42.5 Å². The van der Waals surface area contributed by atoms with Gasteiger partial charge in [-0.15, -0.1) is 0 Å². The summed E-state index contributed by atoms with van der Waals surface area (Å²) in [4.78, 5) is 14.8. The van der Waals surface area contributed by atoms with Gasteiger partial charge < -0.3 is 11.1 Å². The van der Waals surface area contributed by atoms with Gasteiger partial charge in [0.25, 0.3) is 0 Å². The lowest BCUT2D eigenvalue weighted by Gasteiger charge is -2.30. The Balaban J connectivity index is 1.56. The zero-order valence-corrected chi connectivity index (χ0v) is 14.8. The summed E-state index contributed by atoms with van der Waals surface area (Å²) in [6.07, 6.45) is 2.62. The van der Waals surface area contributed by atoms with Crippen LogP contribution in [0.4, 0.5) is 5.69 Å². The van der Waals surface area contributed by atoms with Crippen molar-refractivity contribution in [1.82, 2.24) is 4.90 Å². The van der Waals surface area contributed by atoms with Crippen molar-refractivity contribution in [3.63, 3.8) is 0 Å². The highest BCUT2D eigenvalue weighted by Gasteiger charge is 2.17. The number of nitrogens with zero attached hydrogens (tertiary/aromatic N) is 1. The van der Waals surface area contributed by atoms with Crippen molar-refractivity contribution >= 4 is 11.6 Å². The maximum atomic E-state index is 12.3. The predicted molar refractivity (Wildman–Crippen MR) is 102 cm³/mol. The Labute approximate surface area is 150 Å². The van der Waals surface area contributed by atoms with Gasteiger partial charge in [-0.3, -0.25) is 9.69 Å². The fourth-order valence-electron chi connectivity index (χ4n) is 3.41. The van der Waals surface area contributed by atoms with Crippen LogP contribution >= 0.6 is 0 Å². The third kappa shape index (κ3) is 4.91. The summed E-state index contributed by atoms with van der Waals surface area (Å²) >= 11 is 0. The molecule has 0 radical (unpaired) electrons. The van der Waals surface area contributed by atoms with Gasteiger partial charge >= 0.3 is 0 Å². The average Bonchev–Trinajstić information content (AvgIpc) is 2.63. The highest BCUT2D eigenvalue weighted by Crippen LogP contribution is 2.19. The van der Waals surface area contributed by atoms with E-state index in [-0.39, 0.29) is 5.91 Å². The van der Waals surface area contributed by atoms with Crippen LogP contribution < -0.4 is 11.1 Å². The van der Waals surface area contributed by atoms with Gasteiger partial charge in [-0.2, -0.15) is 0 Å². The largest absolute Gasteiger partial charge is 0.324 e. The number of hydrogen-bond donors (Lipinski definition) is 2. The second-order valence-electron chi connectivity index (χ2n) is 7.06. The molecular weight excluding hydrogens is 310 g/mol. The molecule has 2 aromatic carbocycles. The Kier molecular flexibility index (Phi) is 5.84. The number of nitrogens with one attached hydrogen (secondary N) is 1. The molecule has 3 N–H and O–H groups in total. The van der Waals surface area contributed by atoms with E-state index in [1.165, 1.54) is 31.5 Å². The molecule has 0 aromatic heterocycles. The van der Waals surface area contributed by atoms with Crippen LogP contribution in [0, 0.1) is 5.92 Å². The van der Waals surface area contributed by atoms with Gasteiger partial charge in [0.2, 0.25) is 5.91 Å². The number of piperidine rings is 1. The van der Waals surface area contributed by atoms with Crippen molar-refractivity contribution in [3.05, 3.63) is 65.7 Å². The SMILES string of the molecule is CC1CCCN(Cc2ccc(NC(=O)C(N)c3ccccc3)cc2)C1. The van der Waals surface area contributed by atoms with Gasteiger partial charge in [0.1, 0.15) is 6.04 Å². The Bertz CT molecular complexity index is 684. The van der Waals surface area contributed by atoms with Crippen LogP contribution in [-0.4, -0.2) is 23.9 Å². The molecule has 25 heavy (non-hydrogen) atoms. The number of nitrogens with two attached hydrogens (primary N) is 1. The van der Waals surface area contributed by atoms with Crippen LogP contribution in [0.3, 0.4) is 0 Å². The minimum atomic E-state index is -0.657. The predicted octanol–water partition coefficient (Wildman–Crippen LogP) is 3.56. The van der Waals surface area contributed by atoms with Crippen LogP contribution in [0.5, 0.6) is 0 Å². The molecule has 0 saturated carbocycles. The summed E-state index contributed by atoms with van der Waals surface area (Å²) in [6.45, 7) is 5.64. The van der Waals surface area contributed by atoms with Crippen molar-refractivity contribution < 1.29 is 4.79 Å². The van der Waals surface area contributed by atoms with Gasteiger partial charge in [0.15, 0.2) is 0 Å². The Morgan fingerprint density at radius 3 is 2.60 bits per heavy atom. The number of rotatable bonds is 5. The molecule has 2 atom stereocenters. The normalized spacial score (nSPS) is 19.4. The van der Waals surface area contributed by atoms with E-state index in [0.717, 1.165) is 23.7 Å². The van der Waals surface area contributed by atoms with E-state index >= 15 is 0 Å². The second-order valence-corrected chi connectivity index (χ2v) is 7.06. The number of amides is 1. The second kappa shape index (κ2) is 8.28. The maximum Gasteiger partial charge on any atom is 0.245 e. The highest BCUT2D eigenvalue weighted by molar-refractivity contribution is 5.95. The lowest BCUT2D eigenvalue weighted by Crippen LogP contribution is -2.33. The highest BCUT2D eigenvalue weighted by atomic mass is 16.2. The first-order valence-electron chi connectivity index (χ1n) is 9.04. The molecule has 0 aliphatic carbocycles. The van der Waals surface area contributed by atoms with Crippen LogP contribution in [0.25, 0.3) is 0 Å². The summed E-state index contributed by atoms with van der Waals surface area (Å²) in [5.41, 5.74) is 8.91. The third-order valence-electron chi connectivity index (χ3n) is 4.81. The molecule has 1 fully saturated rings. The van der Waals surface area contributed by atoms with Gasteiger partial charge in [-0.05, 0) is 48.6 Å². The molecule has 2 unspecified atom stereocenters. The molecule has 1 amide bonds. The first kappa shape index (κ1) is 17.6. The van der Waals surface area contributed by atoms with E-state index < -0.39 is 6.04 Å². The first-order valence-corrected chi connectivity index (χ1v) is 9.04. The van der Waals surface area contributed by atoms with Crippen LogP contribution in [-0.2, 0) is 11.3 Å². The number of carbonyl (C=O) groups is 1. The molecule has 1 heterocycles. The topological polar surface area (TPSA) is 58.4 Å². The Morgan fingerprint density at radius 1 is 1.20 bits per heavy atom. The van der Waals surface area contributed by atoms with Gasteiger partial charge in [-0.1, -0.05) is 49.4 Å². The third-order valence-corrected chi connectivity index (χ3v) is 4.81. The van der Waals surface area contributed by atoms with Gasteiger partial charge in [-0.25, -0.2) is 0 Å². The van der Waals surface area contributed by atoms with Crippen molar-refractivity contribution in [2.45, 2.75) is 32.4 Å². The fourth-order valence-corrected chi connectivity index (χ4v) is 3.41. The number of anilines is 1. The summed E-state index contributed by atoms with van der Waals surface area (Å²) in [5, 5.41) is 2.90. The van der Waals surface area contributed by atoms with Crippen LogP contribution in [0.1, 0.15) is 36.9 Å². The number of carbonyl (C=O) groups excluding carboxylic acids is 1. The summed E-state index contributed by atoms with van der Waals surface area (Å²) in [6, 6.07) is 16.9. The quantitative estimate of drug-likeness (QED) is 0.877. The summed E-state index contributed by atoms with van der Waals surface area (Å²) in [7, 11) is 0. The van der Waals surface area contributed by atoms with Crippen LogP contribution in [0.15, 0.2) is 54.6 Å². The monoisotopic (exact) mass is 337 g/mol. The zero-order valence-electron chi connectivity index (χ0n) is 14.8. The molecule has 1 aliphatic heterocycles. The molecule has 4 nitrogen and oxygen atoms in total. The molecule has 0 spiro atoms. The van der Waals surface area contributed by atoms with Gasteiger partial charge in [0, 0.05) is 18.8 Å². The lowest BCUT2D eigenvalue weighted by molar-refractivity contribution is -0.117. The zero-order chi connectivity index (χ0) is 17.6. The Hall–Kier alpha value is -2.17. The Morgan fingerprint density at radius 2 is 1.92 bits per heavy atom. The standard InChI is InChI=1S/C21H27N3O/c1-16-6-5-13-24(14-16)15-17-9-11-19(12-10-17)23-21(25)20(22)18-7-3-2-4-8-18/h2-4,7-12,16,20H,5-6,13-15,22H2,1H3,(H,23,25). The first-order chi connectivity index (χ1) is 12.1. The molecule has 1 saturated heterocycles. The molecular formula is C21H27N3O. The van der Waals surface area contributed by atoms with E-state index in [4.69, 9.17) is 5.73 Å². The summed E-state index contributed by atoms with van der Waals surface area (Å²) < 4.78 is 0. The minimum absolute atomic E-state index is 0.191. The molecule has 132 valence electrons. The molecule has 1 aliphatic rings. The number of likely N-dealkylation sites (tertiary alicyclic amines) is 1. The minimum Gasteiger partial charge on any atom is -0.324 e. The number of hydrogen-bond acceptors (Lipinski definition) is 3. The van der Waals surface area contributed by atoms with Gasteiger partial charge in [0.05, 0.1) is 0 Å². The van der Waals surface area contributed by atoms with E-state index in [2.05, 4.69) is 29.3 Å². The molecule has 3 rings (SSSR count). The van der Waals surface area contributed by atoms with Crippen molar-refractivity contribution in [2.75, 3.05) is 18.4 Å². The van der Waals surface area contributed by atoms with E-state index in [0.29, 0.717) is 0 Å². The maximum absolute atomic E-state index is 12.3. The van der Waals surface area contributed by atoms with Crippen molar-refractivity contribution in [1.29, 1.82) is 0 Å². The van der Waals surface area contributed by atoms with Crippen molar-refractivity contribution in [3.8, 4) is 0 Å². The smallest absolute Gasteiger partial charge is 0.245 e. The number of benzene rings is 2. The fraction of sp³-hybridized carbons (Fsp3) is 0.381. The lowest BCUT2D eigenvalue weighted by atomic mass is 10.00. The molecule has 4 heteroatoms. The van der Waals surface area contributed by atoms with E-state index in [9.17, 15) is 4.79 Å². The van der Waals surface area contributed by atoms with E-state index in [1.54, 1.807) is 0 Å². The molecule has 0 bridgehead atoms. The summed E-state index contributed by atoms with van der Waals surface area (Å²) in [5.74, 6) is 0.593. The average molecular weight is 337 g/mol. The van der Waals surface area contributed by atoms with Crippen molar-refractivity contribution in [2.24, 2.45) is 11.7 Å². The molecule has 2 aromatic rings.